The van der Waals surface area contributed by atoms with Gasteiger partial charge in [0.2, 0.25) is 0 Å². The number of carboxylic acid groups (broad SMARTS) is 1. The summed E-state index contributed by atoms with van der Waals surface area (Å²) in [4.78, 5) is 18.5. The van der Waals surface area contributed by atoms with E-state index in [4.69, 9.17) is 11.5 Å². The molecule has 0 aliphatic carbocycles. The number of terminal acetylenes is 1. The predicted octanol–water partition coefficient (Wildman–Crippen LogP) is 3.33. The van der Waals surface area contributed by atoms with Crippen molar-refractivity contribution in [3.8, 4) is 12.3 Å². The quantitative estimate of drug-likeness (QED) is 0.796. The molecular formula is C15H14N2O2S2. The van der Waals surface area contributed by atoms with Crippen LogP contribution >= 0.6 is 22.7 Å². The van der Waals surface area contributed by atoms with Gasteiger partial charge in [0.25, 0.3) is 0 Å². The number of anilines is 1. The largest absolute Gasteiger partial charge is 0.481 e. The standard InChI is InChI=1S/C15H14N2O2S2/c1-2-3-5-12-11-21-15(16-12)17(8-7-14(18)19)10-13-6-4-9-20-13/h1,3-6,9,11H,7-8,10H2,(H,18,19)/b5-3+. The molecule has 0 radical (unpaired) electrons. The number of nitrogens with zero attached hydrogens (tertiary/aromatic N) is 2. The molecule has 0 fully saturated rings. The summed E-state index contributed by atoms with van der Waals surface area (Å²) in [5.41, 5.74) is 0.791. The second kappa shape index (κ2) is 7.62. The monoisotopic (exact) mass is 318 g/mol. The molecule has 6 heteroatoms. The molecule has 4 nitrogen and oxygen atoms in total. The minimum atomic E-state index is -0.810. The Balaban J connectivity index is 2.13. The average Bonchev–Trinajstić information content (AvgIpc) is 3.12. The maximum absolute atomic E-state index is 10.8. The predicted molar refractivity (Wildman–Crippen MR) is 87.6 cm³/mol. The molecule has 2 aromatic rings. The van der Waals surface area contributed by atoms with E-state index in [-0.39, 0.29) is 6.42 Å². The molecule has 0 unspecified atom stereocenters. The number of hydrogen-bond donors (Lipinski definition) is 1. The van der Waals surface area contributed by atoms with Crippen LogP contribution in [0.2, 0.25) is 0 Å². The number of thiophene rings is 1. The molecule has 0 saturated heterocycles. The highest BCUT2D eigenvalue weighted by Crippen LogP contribution is 2.24. The summed E-state index contributed by atoms with van der Waals surface area (Å²) in [5.74, 6) is 1.62. The minimum absolute atomic E-state index is 0.0838. The molecule has 0 spiro atoms. The summed E-state index contributed by atoms with van der Waals surface area (Å²) in [5, 5.41) is 13.6. The molecule has 0 aliphatic rings. The first-order valence-corrected chi connectivity index (χ1v) is 8.02. The number of aliphatic carboxylic acids is 1. The van der Waals surface area contributed by atoms with Crippen LogP contribution in [0.1, 0.15) is 17.0 Å². The Morgan fingerprint density at radius 1 is 1.52 bits per heavy atom. The Bertz CT molecular complexity index is 654. The van der Waals surface area contributed by atoms with Gasteiger partial charge in [-0.2, -0.15) is 0 Å². The van der Waals surface area contributed by atoms with Gasteiger partial charge >= 0.3 is 5.97 Å². The molecule has 2 aromatic heterocycles. The van der Waals surface area contributed by atoms with Gasteiger partial charge in [-0.3, -0.25) is 4.79 Å². The second-order valence-electron chi connectivity index (χ2n) is 4.20. The lowest BCUT2D eigenvalue weighted by atomic mass is 10.3. The third-order valence-electron chi connectivity index (χ3n) is 2.65. The molecule has 108 valence electrons. The molecular weight excluding hydrogens is 304 g/mol. The number of aromatic nitrogens is 1. The normalized spacial score (nSPS) is 10.6. The van der Waals surface area contributed by atoms with Gasteiger partial charge in [-0.15, -0.1) is 29.1 Å². The van der Waals surface area contributed by atoms with Crippen molar-refractivity contribution in [3.63, 3.8) is 0 Å². The lowest BCUT2D eigenvalue weighted by molar-refractivity contribution is -0.136. The summed E-state index contributed by atoms with van der Waals surface area (Å²) in [6.07, 6.45) is 8.62. The SMILES string of the molecule is C#C/C=C/c1csc(N(CCC(=O)O)Cc2cccs2)n1. The van der Waals surface area contributed by atoms with Gasteiger partial charge in [0.15, 0.2) is 5.13 Å². The molecule has 2 rings (SSSR count). The first kappa shape index (κ1) is 15.3. The summed E-state index contributed by atoms with van der Waals surface area (Å²) in [6, 6.07) is 4.02. The van der Waals surface area contributed by atoms with E-state index in [1.165, 1.54) is 16.2 Å². The van der Waals surface area contributed by atoms with Crippen LogP contribution < -0.4 is 4.90 Å². The van der Waals surface area contributed by atoms with Crippen molar-refractivity contribution in [2.45, 2.75) is 13.0 Å². The van der Waals surface area contributed by atoms with E-state index < -0.39 is 5.97 Å². The summed E-state index contributed by atoms with van der Waals surface area (Å²) in [7, 11) is 0. The van der Waals surface area contributed by atoms with Crippen LogP contribution in [0.3, 0.4) is 0 Å². The first-order valence-electron chi connectivity index (χ1n) is 6.26. The highest BCUT2D eigenvalue weighted by Gasteiger charge is 2.13. The summed E-state index contributed by atoms with van der Waals surface area (Å²) < 4.78 is 0. The van der Waals surface area contributed by atoms with E-state index in [1.807, 2.05) is 27.8 Å². The van der Waals surface area contributed by atoms with Gasteiger partial charge < -0.3 is 10.0 Å². The van der Waals surface area contributed by atoms with Crippen molar-refractivity contribution in [3.05, 3.63) is 39.5 Å². The van der Waals surface area contributed by atoms with Crippen molar-refractivity contribution in [1.82, 2.24) is 4.98 Å². The van der Waals surface area contributed by atoms with Crippen LogP contribution in [0.5, 0.6) is 0 Å². The Labute approximate surface area is 131 Å². The number of carboxylic acids is 1. The maximum Gasteiger partial charge on any atom is 0.305 e. The van der Waals surface area contributed by atoms with Crippen molar-refractivity contribution in [2.75, 3.05) is 11.4 Å². The molecule has 0 saturated carbocycles. The van der Waals surface area contributed by atoms with Gasteiger partial charge in [0.1, 0.15) is 0 Å². The minimum Gasteiger partial charge on any atom is -0.481 e. The van der Waals surface area contributed by atoms with Gasteiger partial charge in [-0.05, 0) is 23.6 Å². The first-order chi connectivity index (χ1) is 10.2. The third kappa shape index (κ3) is 4.74. The highest BCUT2D eigenvalue weighted by molar-refractivity contribution is 7.13. The van der Waals surface area contributed by atoms with Gasteiger partial charge in [-0.1, -0.05) is 12.0 Å². The molecule has 2 heterocycles. The van der Waals surface area contributed by atoms with Crippen LogP contribution in [0.15, 0.2) is 29.0 Å². The Morgan fingerprint density at radius 3 is 3.05 bits per heavy atom. The summed E-state index contributed by atoms with van der Waals surface area (Å²) in [6.45, 7) is 1.09. The van der Waals surface area contributed by atoms with Crippen LogP contribution in [0.4, 0.5) is 5.13 Å². The molecule has 0 aliphatic heterocycles. The zero-order valence-electron chi connectivity index (χ0n) is 11.2. The zero-order valence-corrected chi connectivity index (χ0v) is 12.9. The van der Waals surface area contributed by atoms with Gasteiger partial charge in [0, 0.05) is 16.8 Å². The van der Waals surface area contributed by atoms with E-state index in [0.717, 1.165) is 10.8 Å². The van der Waals surface area contributed by atoms with Gasteiger partial charge in [-0.25, -0.2) is 4.98 Å². The Hall–Kier alpha value is -2.10. The van der Waals surface area contributed by atoms with Crippen molar-refractivity contribution < 1.29 is 9.90 Å². The van der Waals surface area contributed by atoms with E-state index >= 15 is 0 Å². The van der Waals surface area contributed by atoms with Crippen LogP contribution in [0.25, 0.3) is 6.08 Å². The van der Waals surface area contributed by atoms with Crippen LogP contribution in [-0.4, -0.2) is 22.6 Å². The number of carbonyl (C=O) groups is 1. The second-order valence-corrected chi connectivity index (χ2v) is 6.07. The maximum atomic E-state index is 10.8. The van der Waals surface area contributed by atoms with Crippen molar-refractivity contribution in [1.29, 1.82) is 0 Å². The van der Waals surface area contributed by atoms with E-state index in [2.05, 4.69) is 10.9 Å². The average molecular weight is 318 g/mol. The Kier molecular flexibility index (Phi) is 5.55. The van der Waals surface area contributed by atoms with E-state index in [0.29, 0.717) is 13.1 Å². The third-order valence-corrected chi connectivity index (χ3v) is 4.43. The highest BCUT2D eigenvalue weighted by atomic mass is 32.1. The number of allylic oxidation sites excluding steroid dienone is 1. The van der Waals surface area contributed by atoms with E-state index in [1.54, 1.807) is 23.5 Å². The van der Waals surface area contributed by atoms with E-state index in [9.17, 15) is 4.79 Å². The molecule has 0 amide bonds. The molecule has 21 heavy (non-hydrogen) atoms. The number of rotatable bonds is 7. The molecule has 0 aromatic carbocycles. The van der Waals surface area contributed by atoms with Crippen LogP contribution in [-0.2, 0) is 11.3 Å². The Morgan fingerprint density at radius 2 is 2.38 bits per heavy atom. The molecule has 0 atom stereocenters. The fraction of sp³-hybridized carbons (Fsp3) is 0.200. The molecule has 1 N–H and O–H groups in total. The molecule has 0 bridgehead atoms. The number of thiazole rings is 1. The lowest BCUT2D eigenvalue weighted by Gasteiger charge is -2.20. The van der Waals surface area contributed by atoms with Gasteiger partial charge in [0.05, 0.1) is 18.7 Å². The fourth-order valence-corrected chi connectivity index (χ4v) is 3.23. The van der Waals surface area contributed by atoms with Crippen LogP contribution in [0, 0.1) is 12.3 Å². The smallest absolute Gasteiger partial charge is 0.305 e. The summed E-state index contributed by atoms with van der Waals surface area (Å²) >= 11 is 3.14. The van der Waals surface area contributed by atoms with Crippen molar-refractivity contribution >= 4 is 39.9 Å². The van der Waals surface area contributed by atoms with Crippen molar-refractivity contribution in [2.24, 2.45) is 0 Å². The number of hydrogen-bond acceptors (Lipinski definition) is 5. The zero-order chi connectivity index (χ0) is 15.1. The topological polar surface area (TPSA) is 53.4 Å². The lowest BCUT2D eigenvalue weighted by Crippen LogP contribution is -2.25. The fourth-order valence-electron chi connectivity index (χ4n) is 1.70.